The number of hydrogen-bond donors (Lipinski definition) is 2. The van der Waals surface area contributed by atoms with Crippen LogP contribution < -0.4 is 24.5 Å². The molecule has 0 fully saturated rings. The summed E-state index contributed by atoms with van der Waals surface area (Å²) in [5, 5.41) is 0. The first kappa shape index (κ1) is 18.5. The minimum Gasteiger partial charge on any atom is -0.495 e. The zero-order chi connectivity index (χ0) is 18.7. The molecular formula is C16H15BrN2O6S. The lowest BCUT2D eigenvalue weighted by molar-refractivity contribution is 0.0944. The van der Waals surface area contributed by atoms with E-state index < -0.39 is 15.9 Å². The SMILES string of the molecule is COc1ccc(Br)cc1S(=O)(=O)NNC(=O)c1ccc2c(c1)OCCO2. The van der Waals surface area contributed by atoms with Crippen LogP contribution in [0.1, 0.15) is 10.4 Å². The summed E-state index contributed by atoms with van der Waals surface area (Å²) in [6.45, 7) is 0.820. The number of amides is 1. The Labute approximate surface area is 158 Å². The van der Waals surface area contributed by atoms with Gasteiger partial charge in [-0.1, -0.05) is 15.9 Å². The number of carbonyl (C=O) groups excluding carboxylic acids is 1. The van der Waals surface area contributed by atoms with E-state index in [1.165, 1.54) is 31.4 Å². The number of rotatable bonds is 5. The van der Waals surface area contributed by atoms with Gasteiger partial charge in [0.15, 0.2) is 11.5 Å². The van der Waals surface area contributed by atoms with Crippen LogP contribution in [0.2, 0.25) is 0 Å². The molecule has 1 aliphatic heterocycles. The molecule has 0 bridgehead atoms. The van der Waals surface area contributed by atoms with Gasteiger partial charge < -0.3 is 14.2 Å². The van der Waals surface area contributed by atoms with Crippen molar-refractivity contribution in [2.24, 2.45) is 0 Å². The highest BCUT2D eigenvalue weighted by Gasteiger charge is 2.22. The van der Waals surface area contributed by atoms with Crippen LogP contribution in [0.15, 0.2) is 45.8 Å². The largest absolute Gasteiger partial charge is 0.495 e. The maximum atomic E-state index is 12.5. The van der Waals surface area contributed by atoms with Gasteiger partial charge in [0.25, 0.3) is 15.9 Å². The number of nitrogens with one attached hydrogen (secondary N) is 2. The Morgan fingerprint density at radius 3 is 2.58 bits per heavy atom. The van der Waals surface area contributed by atoms with Gasteiger partial charge in [-0.15, -0.1) is 4.83 Å². The summed E-state index contributed by atoms with van der Waals surface area (Å²) in [5.74, 6) is 0.474. The van der Waals surface area contributed by atoms with Gasteiger partial charge in [0.2, 0.25) is 0 Å². The molecule has 0 radical (unpaired) electrons. The van der Waals surface area contributed by atoms with Crippen LogP contribution in [0, 0.1) is 0 Å². The summed E-state index contributed by atoms with van der Waals surface area (Å²) in [6, 6.07) is 9.11. The van der Waals surface area contributed by atoms with Crippen molar-refractivity contribution in [1.29, 1.82) is 0 Å². The van der Waals surface area contributed by atoms with Crippen LogP contribution >= 0.6 is 15.9 Å². The molecule has 8 nitrogen and oxygen atoms in total. The van der Waals surface area contributed by atoms with Gasteiger partial charge in [0, 0.05) is 10.0 Å². The van der Waals surface area contributed by atoms with Crippen molar-refractivity contribution in [2.75, 3.05) is 20.3 Å². The molecule has 138 valence electrons. The average Bonchev–Trinajstić information content (AvgIpc) is 2.65. The third-order valence-corrected chi connectivity index (χ3v) is 5.28. The van der Waals surface area contributed by atoms with Crippen molar-refractivity contribution in [3.05, 3.63) is 46.4 Å². The van der Waals surface area contributed by atoms with E-state index in [0.29, 0.717) is 29.2 Å². The smallest absolute Gasteiger partial charge is 0.266 e. The summed E-state index contributed by atoms with van der Waals surface area (Å²) in [7, 11) is -2.68. The van der Waals surface area contributed by atoms with E-state index in [1.54, 1.807) is 12.1 Å². The maximum absolute atomic E-state index is 12.5. The summed E-state index contributed by atoms with van der Waals surface area (Å²) < 4.78 is 41.3. The third-order valence-electron chi connectivity index (χ3n) is 3.52. The molecule has 1 aliphatic rings. The number of hydrogen-bond acceptors (Lipinski definition) is 6. The van der Waals surface area contributed by atoms with E-state index in [1.807, 2.05) is 0 Å². The highest BCUT2D eigenvalue weighted by molar-refractivity contribution is 9.10. The molecule has 1 amide bonds. The molecule has 2 aromatic carbocycles. The highest BCUT2D eigenvalue weighted by Crippen LogP contribution is 2.31. The number of ether oxygens (including phenoxy) is 3. The first-order chi connectivity index (χ1) is 12.4. The van der Waals surface area contributed by atoms with E-state index in [4.69, 9.17) is 14.2 Å². The minimum absolute atomic E-state index is 0.114. The Bertz CT molecular complexity index is 948. The summed E-state index contributed by atoms with van der Waals surface area (Å²) in [5.41, 5.74) is 2.39. The Balaban J connectivity index is 1.76. The van der Waals surface area contributed by atoms with E-state index in [0.717, 1.165) is 0 Å². The second kappa shape index (κ2) is 7.52. The number of halogens is 1. The first-order valence-corrected chi connectivity index (χ1v) is 9.73. The number of sulfonamides is 1. The minimum atomic E-state index is -4.04. The predicted octanol–water partition coefficient (Wildman–Crippen LogP) is 1.85. The zero-order valence-electron chi connectivity index (χ0n) is 13.6. The summed E-state index contributed by atoms with van der Waals surface area (Å²) in [4.78, 5) is 14.2. The van der Waals surface area contributed by atoms with Crippen molar-refractivity contribution >= 4 is 31.9 Å². The van der Waals surface area contributed by atoms with Crippen molar-refractivity contribution < 1.29 is 27.4 Å². The van der Waals surface area contributed by atoms with E-state index >= 15 is 0 Å². The number of hydrazine groups is 1. The quantitative estimate of drug-likeness (QED) is 0.684. The van der Waals surface area contributed by atoms with Gasteiger partial charge in [0.1, 0.15) is 23.9 Å². The molecule has 10 heteroatoms. The summed E-state index contributed by atoms with van der Waals surface area (Å²) >= 11 is 3.21. The maximum Gasteiger partial charge on any atom is 0.266 e. The average molecular weight is 443 g/mol. The molecule has 0 atom stereocenters. The topological polar surface area (TPSA) is 103 Å². The Morgan fingerprint density at radius 1 is 1.12 bits per heavy atom. The third kappa shape index (κ3) is 3.92. The lowest BCUT2D eigenvalue weighted by Crippen LogP contribution is -2.41. The fraction of sp³-hybridized carbons (Fsp3) is 0.188. The molecule has 2 aromatic rings. The lowest BCUT2D eigenvalue weighted by atomic mass is 10.2. The monoisotopic (exact) mass is 442 g/mol. The van der Waals surface area contributed by atoms with E-state index in [-0.39, 0.29) is 16.2 Å². The van der Waals surface area contributed by atoms with Crippen LogP contribution in [0.3, 0.4) is 0 Å². The zero-order valence-corrected chi connectivity index (χ0v) is 16.0. The van der Waals surface area contributed by atoms with Gasteiger partial charge in [-0.2, -0.15) is 0 Å². The number of benzene rings is 2. The lowest BCUT2D eigenvalue weighted by Gasteiger charge is -2.18. The number of methoxy groups -OCH3 is 1. The molecular weight excluding hydrogens is 428 g/mol. The number of carbonyl (C=O) groups is 1. The standard InChI is InChI=1S/C16H15BrN2O6S/c1-23-13-5-3-11(17)9-15(13)26(21,22)19-18-16(20)10-2-4-12-14(8-10)25-7-6-24-12/h2-5,8-9,19H,6-7H2,1H3,(H,18,20). The number of fused-ring (bicyclic) bond motifs is 1. The van der Waals surface area contributed by atoms with Gasteiger partial charge in [-0.25, -0.2) is 8.42 Å². The van der Waals surface area contributed by atoms with Crippen LogP contribution in [-0.2, 0) is 10.0 Å². The van der Waals surface area contributed by atoms with Gasteiger partial charge in [-0.05, 0) is 36.4 Å². The van der Waals surface area contributed by atoms with Crippen molar-refractivity contribution in [1.82, 2.24) is 10.3 Å². The predicted molar refractivity (Wildman–Crippen MR) is 95.9 cm³/mol. The fourth-order valence-electron chi connectivity index (χ4n) is 2.29. The highest BCUT2D eigenvalue weighted by atomic mass is 79.9. The van der Waals surface area contributed by atoms with Crippen molar-refractivity contribution in [2.45, 2.75) is 4.90 Å². The Kier molecular flexibility index (Phi) is 5.35. The molecule has 2 N–H and O–H groups in total. The second-order valence-corrected chi connectivity index (χ2v) is 7.78. The van der Waals surface area contributed by atoms with Crippen LogP contribution in [-0.4, -0.2) is 34.6 Å². The van der Waals surface area contributed by atoms with Gasteiger partial charge >= 0.3 is 0 Å². The molecule has 1 heterocycles. The molecule has 0 aliphatic carbocycles. The molecule has 0 saturated carbocycles. The van der Waals surface area contributed by atoms with Crippen molar-refractivity contribution in [3.8, 4) is 17.2 Å². The molecule has 0 saturated heterocycles. The Morgan fingerprint density at radius 2 is 1.85 bits per heavy atom. The van der Waals surface area contributed by atoms with Crippen LogP contribution in [0.5, 0.6) is 17.2 Å². The first-order valence-electron chi connectivity index (χ1n) is 7.46. The van der Waals surface area contributed by atoms with Crippen LogP contribution in [0.25, 0.3) is 0 Å². The molecule has 3 rings (SSSR count). The molecule has 0 unspecified atom stereocenters. The fourth-order valence-corrected chi connectivity index (χ4v) is 3.83. The molecule has 0 spiro atoms. The normalized spacial score (nSPS) is 13.2. The Hall–Kier alpha value is -2.30. The molecule has 0 aromatic heterocycles. The van der Waals surface area contributed by atoms with E-state index in [9.17, 15) is 13.2 Å². The summed E-state index contributed by atoms with van der Waals surface area (Å²) in [6.07, 6.45) is 0. The van der Waals surface area contributed by atoms with E-state index in [2.05, 4.69) is 26.2 Å². The van der Waals surface area contributed by atoms with Crippen molar-refractivity contribution in [3.63, 3.8) is 0 Å². The van der Waals surface area contributed by atoms with Gasteiger partial charge in [-0.3, -0.25) is 10.2 Å². The van der Waals surface area contributed by atoms with Gasteiger partial charge in [0.05, 0.1) is 7.11 Å². The van der Waals surface area contributed by atoms with Crippen LogP contribution in [0.4, 0.5) is 0 Å². The molecule has 26 heavy (non-hydrogen) atoms. The second-order valence-electron chi connectivity index (χ2n) is 5.21.